The molecule has 0 radical (unpaired) electrons. The molecule has 3 amide bonds. The van der Waals surface area contributed by atoms with Crippen LogP contribution in [0.3, 0.4) is 0 Å². The van der Waals surface area contributed by atoms with Crippen LogP contribution in [0.1, 0.15) is 150 Å². The van der Waals surface area contributed by atoms with Crippen LogP contribution in [0, 0.1) is 0 Å². The maximum Gasteiger partial charge on any atom is 0.325 e. The summed E-state index contributed by atoms with van der Waals surface area (Å²) in [6.07, 6.45) is 24.3. The van der Waals surface area contributed by atoms with Crippen molar-refractivity contribution in [3.05, 3.63) is 12.7 Å². The van der Waals surface area contributed by atoms with Crippen molar-refractivity contribution in [1.29, 1.82) is 0 Å². The molecule has 5 nitrogen and oxygen atoms in total. The molecule has 2 heterocycles. The molecule has 0 unspecified atom stereocenters. The fourth-order valence-corrected chi connectivity index (χ4v) is 7.11. The first-order valence-electron chi connectivity index (χ1n) is 15.6. The van der Waals surface area contributed by atoms with Gasteiger partial charge in [0.05, 0.1) is 0 Å². The summed E-state index contributed by atoms with van der Waals surface area (Å²) in [5, 5.41) is 3.13. The number of urea groups is 1. The molecule has 2 rings (SSSR count). The molecule has 0 aromatic heterocycles. The van der Waals surface area contributed by atoms with Gasteiger partial charge in [0.1, 0.15) is 5.54 Å². The number of carbonyl (C=O) groups is 2. The second-order valence-corrected chi connectivity index (χ2v) is 13.2. The highest BCUT2D eigenvalue weighted by molar-refractivity contribution is 6.07. The minimum atomic E-state index is -0.781. The molecule has 1 N–H and O–H groups in total. The van der Waals surface area contributed by atoms with Crippen LogP contribution in [-0.4, -0.2) is 51.4 Å². The monoisotopic (exact) mass is 517 g/mol. The van der Waals surface area contributed by atoms with E-state index in [9.17, 15) is 9.59 Å². The third-order valence-corrected chi connectivity index (χ3v) is 8.72. The quantitative estimate of drug-likeness (QED) is 0.106. The number of likely N-dealkylation sites (tertiary alicyclic amines) is 1. The third-order valence-electron chi connectivity index (χ3n) is 8.72. The second kappa shape index (κ2) is 15.3. The number of rotatable bonds is 19. The second-order valence-electron chi connectivity index (χ2n) is 13.2. The van der Waals surface area contributed by atoms with Gasteiger partial charge in [-0.25, -0.2) is 4.79 Å². The number of nitrogens with one attached hydrogen (secondary N) is 1. The van der Waals surface area contributed by atoms with Gasteiger partial charge in [-0.2, -0.15) is 0 Å². The van der Waals surface area contributed by atoms with Crippen molar-refractivity contribution in [1.82, 2.24) is 15.1 Å². The van der Waals surface area contributed by atoms with Gasteiger partial charge >= 0.3 is 6.03 Å². The Morgan fingerprint density at radius 3 is 1.54 bits per heavy atom. The number of piperidine rings is 1. The number of unbranched alkanes of at least 4 members (excludes halogenated alkanes) is 15. The SMILES string of the molecule is C=CCN1C(C)(C)CC2(CC1(C)C)NC(=O)N(CCCCCCCCCCCCCCCCCC)C2=O. The maximum absolute atomic E-state index is 13.5. The van der Waals surface area contributed by atoms with E-state index in [-0.39, 0.29) is 23.0 Å². The lowest BCUT2D eigenvalue weighted by Crippen LogP contribution is -2.69. The first-order valence-corrected chi connectivity index (χ1v) is 15.6. The number of imide groups is 1. The van der Waals surface area contributed by atoms with E-state index in [0.717, 1.165) is 19.4 Å². The van der Waals surface area contributed by atoms with Gasteiger partial charge in [-0.15, -0.1) is 6.58 Å². The average Bonchev–Trinajstić information content (AvgIpc) is 3.03. The van der Waals surface area contributed by atoms with Gasteiger partial charge in [-0.1, -0.05) is 109 Å². The van der Waals surface area contributed by atoms with Crippen LogP contribution < -0.4 is 5.32 Å². The van der Waals surface area contributed by atoms with E-state index in [1.54, 1.807) is 0 Å². The zero-order chi connectivity index (χ0) is 27.4. The molecule has 0 bridgehead atoms. The van der Waals surface area contributed by atoms with Crippen LogP contribution in [0.2, 0.25) is 0 Å². The predicted molar refractivity (Wildman–Crippen MR) is 157 cm³/mol. The molecule has 2 saturated heterocycles. The average molecular weight is 518 g/mol. The Morgan fingerprint density at radius 1 is 0.730 bits per heavy atom. The summed E-state index contributed by atoms with van der Waals surface area (Å²) in [5.74, 6) is -0.0159. The standard InChI is InChI=1S/C32H59N3O2/c1-7-9-10-11-12-13-14-15-16-17-18-19-20-21-22-23-25-34-28(36)32(33-29(34)37)26-30(3,4)35(24-8-2)31(5,6)27-32/h8H,2,7,9-27H2,1,3-6H3,(H,33,37). The number of nitrogens with zero attached hydrogens (tertiary/aromatic N) is 2. The Hall–Kier alpha value is -1.36. The normalized spacial score (nSPS) is 20.5. The van der Waals surface area contributed by atoms with Crippen LogP contribution in [-0.2, 0) is 4.79 Å². The highest BCUT2D eigenvalue weighted by Gasteiger charge is 2.60. The molecule has 0 aromatic rings. The molecule has 2 fully saturated rings. The lowest BCUT2D eigenvalue weighted by atomic mass is 9.69. The number of amides is 3. The van der Waals surface area contributed by atoms with Crippen molar-refractivity contribution >= 4 is 11.9 Å². The fraction of sp³-hybridized carbons (Fsp3) is 0.875. The molecule has 2 aliphatic heterocycles. The van der Waals surface area contributed by atoms with E-state index >= 15 is 0 Å². The molecule has 1 spiro atoms. The van der Waals surface area contributed by atoms with Crippen molar-refractivity contribution in [2.24, 2.45) is 0 Å². The van der Waals surface area contributed by atoms with Crippen molar-refractivity contribution in [2.75, 3.05) is 13.1 Å². The first-order chi connectivity index (χ1) is 17.6. The minimum absolute atomic E-state index is 0.0159. The van der Waals surface area contributed by atoms with Gasteiger partial charge in [-0.3, -0.25) is 14.6 Å². The van der Waals surface area contributed by atoms with Gasteiger partial charge in [0.15, 0.2) is 0 Å². The molecule has 0 aliphatic carbocycles. The number of carbonyl (C=O) groups excluding carboxylic acids is 2. The highest BCUT2D eigenvalue weighted by atomic mass is 16.2. The van der Waals surface area contributed by atoms with Gasteiger partial charge in [0.25, 0.3) is 5.91 Å². The summed E-state index contributed by atoms with van der Waals surface area (Å²) in [4.78, 5) is 30.3. The topological polar surface area (TPSA) is 52.7 Å². The summed E-state index contributed by atoms with van der Waals surface area (Å²) < 4.78 is 0. The third kappa shape index (κ3) is 9.41. The van der Waals surface area contributed by atoms with Crippen LogP contribution >= 0.6 is 0 Å². The van der Waals surface area contributed by atoms with Crippen LogP contribution in [0.15, 0.2) is 12.7 Å². The van der Waals surface area contributed by atoms with E-state index in [4.69, 9.17) is 0 Å². The summed E-state index contributed by atoms with van der Waals surface area (Å²) in [6, 6.07) is -0.199. The fourth-order valence-electron chi connectivity index (χ4n) is 7.11. The number of hydrogen-bond acceptors (Lipinski definition) is 3. The highest BCUT2D eigenvalue weighted by Crippen LogP contribution is 2.45. The summed E-state index contributed by atoms with van der Waals surface area (Å²) in [6.45, 7) is 16.2. The van der Waals surface area contributed by atoms with E-state index in [2.05, 4.69) is 51.4 Å². The van der Waals surface area contributed by atoms with Crippen LogP contribution in [0.4, 0.5) is 4.79 Å². The Morgan fingerprint density at radius 2 is 1.14 bits per heavy atom. The van der Waals surface area contributed by atoms with E-state index in [1.807, 2.05) is 6.08 Å². The smallest absolute Gasteiger partial charge is 0.323 e. The van der Waals surface area contributed by atoms with Gasteiger partial charge < -0.3 is 5.32 Å². The molecular formula is C32H59N3O2. The number of hydrogen-bond donors (Lipinski definition) is 1. The van der Waals surface area contributed by atoms with Crippen molar-refractivity contribution < 1.29 is 9.59 Å². The molecule has 2 aliphatic rings. The van der Waals surface area contributed by atoms with Gasteiger partial charge in [0, 0.05) is 24.2 Å². The Balaban J connectivity index is 1.60. The summed E-state index contributed by atoms with van der Waals surface area (Å²) >= 11 is 0. The van der Waals surface area contributed by atoms with Crippen molar-refractivity contribution in [3.8, 4) is 0 Å². The first kappa shape index (κ1) is 31.9. The van der Waals surface area contributed by atoms with E-state index in [0.29, 0.717) is 19.4 Å². The molecule has 0 aromatic carbocycles. The van der Waals surface area contributed by atoms with E-state index in [1.165, 1.54) is 94.8 Å². The van der Waals surface area contributed by atoms with Crippen molar-refractivity contribution in [2.45, 2.75) is 167 Å². The lowest BCUT2D eigenvalue weighted by molar-refractivity contribution is -0.140. The Kier molecular flexibility index (Phi) is 13.2. The summed E-state index contributed by atoms with van der Waals surface area (Å²) in [5.41, 5.74) is -1.19. The zero-order valence-corrected chi connectivity index (χ0v) is 25.1. The van der Waals surface area contributed by atoms with Crippen LogP contribution in [0.25, 0.3) is 0 Å². The minimum Gasteiger partial charge on any atom is -0.323 e. The molecule has 214 valence electrons. The Labute approximate surface area is 229 Å². The van der Waals surface area contributed by atoms with Crippen molar-refractivity contribution in [3.63, 3.8) is 0 Å². The summed E-state index contributed by atoms with van der Waals surface area (Å²) in [7, 11) is 0. The van der Waals surface area contributed by atoms with E-state index < -0.39 is 5.54 Å². The molecule has 0 saturated carbocycles. The van der Waals surface area contributed by atoms with Crippen LogP contribution in [0.5, 0.6) is 0 Å². The molecular weight excluding hydrogens is 458 g/mol. The predicted octanol–water partition coefficient (Wildman–Crippen LogP) is 8.38. The van der Waals surface area contributed by atoms with Gasteiger partial charge in [0.2, 0.25) is 0 Å². The molecule has 5 heteroatoms. The molecule has 37 heavy (non-hydrogen) atoms. The zero-order valence-electron chi connectivity index (χ0n) is 25.1. The lowest BCUT2D eigenvalue weighted by Gasteiger charge is -2.57. The maximum atomic E-state index is 13.5. The van der Waals surface area contributed by atoms with Gasteiger partial charge in [-0.05, 0) is 47.0 Å². The Bertz CT molecular complexity index is 697. The molecule has 0 atom stereocenters. The largest absolute Gasteiger partial charge is 0.325 e.